The predicted octanol–water partition coefficient (Wildman–Crippen LogP) is 4.96. The van der Waals surface area contributed by atoms with Crippen LogP contribution in [0.5, 0.6) is 0 Å². The lowest BCUT2D eigenvalue weighted by atomic mass is 9.90. The predicted molar refractivity (Wildman–Crippen MR) is 129 cm³/mol. The van der Waals surface area contributed by atoms with Crippen LogP contribution in [0.25, 0.3) is 28.0 Å². The molecule has 1 aromatic carbocycles. The van der Waals surface area contributed by atoms with Crippen LogP contribution in [0.2, 0.25) is 0 Å². The van der Waals surface area contributed by atoms with Crippen molar-refractivity contribution < 1.29 is 0 Å². The highest BCUT2D eigenvalue weighted by molar-refractivity contribution is 5.79. The fourth-order valence-electron chi connectivity index (χ4n) is 4.25. The van der Waals surface area contributed by atoms with Crippen LogP contribution in [0.1, 0.15) is 32.0 Å². The minimum Gasteiger partial charge on any atom is -0.383 e. The minimum atomic E-state index is 0.0150. The van der Waals surface area contributed by atoms with Crippen LogP contribution in [0, 0.1) is 5.41 Å². The molecule has 6 nitrogen and oxygen atoms in total. The number of hydrogen-bond donors (Lipinski definition) is 1. The summed E-state index contributed by atoms with van der Waals surface area (Å²) in [7, 11) is 0. The molecule has 1 aliphatic rings. The molecule has 4 heterocycles. The molecule has 0 saturated heterocycles. The Morgan fingerprint density at radius 3 is 2.50 bits per heavy atom. The zero-order valence-electron chi connectivity index (χ0n) is 18.8. The first-order valence-corrected chi connectivity index (χ1v) is 10.9. The molecule has 0 fully saturated rings. The molecule has 0 unspecified atom stereocenters. The van der Waals surface area contributed by atoms with Crippen LogP contribution in [-0.2, 0) is 13.0 Å². The van der Waals surface area contributed by atoms with Gasteiger partial charge in [0.1, 0.15) is 5.82 Å². The first kappa shape index (κ1) is 20.2. The molecule has 0 bridgehead atoms. The Morgan fingerprint density at radius 2 is 1.81 bits per heavy atom. The highest BCUT2D eigenvalue weighted by Gasteiger charge is 2.28. The monoisotopic (exact) mass is 424 g/mol. The van der Waals surface area contributed by atoms with E-state index < -0.39 is 0 Å². The average Bonchev–Trinajstić information content (AvgIpc) is 3.22. The van der Waals surface area contributed by atoms with Crippen molar-refractivity contribution in [2.45, 2.75) is 33.7 Å². The van der Waals surface area contributed by atoms with Gasteiger partial charge in [-0.2, -0.15) is 9.61 Å². The molecule has 3 aromatic heterocycles. The molecule has 5 rings (SSSR count). The largest absolute Gasteiger partial charge is 0.383 e. The number of hydrogen-bond acceptors (Lipinski definition) is 5. The highest BCUT2D eigenvalue weighted by Crippen LogP contribution is 2.34. The van der Waals surface area contributed by atoms with Gasteiger partial charge >= 0.3 is 0 Å². The summed E-state index contributed by atoms with van der Waals surface area (Å²) in [6, 6.07) is 14.3. The van der Waals surface area contributed by atoms with Crippen LogP contribution in [0.3, 0.4) is 0 Å². The molecule has 0 spiro atoms. The number of benzene rings is 1. The number of aromatic nitrogens is 4. The average molecular weight is 425 g/mol. The third-order valence-electron chi connectivity index (χ3n) is 6.23. The van der Waals surface area contributed by atoms with E-state index in [1.807, 2.05) is 36.7 Å². The van der Waals surface area contributed by atoms with Crippen LogP contribution < -0.4 is 5.73 Å². The number of fused-ring (bicyclic) bond motifs is 2. The van der Waals surface area contributed by atoms with Crippen molar-refractivity contribution in [2.75, 3.05) is 12.3 Å². The van der Waals surface area contributed by atoms with Gasteiger partial charge in [-0.3, -0.25) is 4.98 Å². The van der Waals surface area contributed by atoms with E-state index in [-0.39, 0.29) is 5.41 Å². The molecule has 162 valence electrons. The fourth-order valence-corrected chi connectivity index (χ4v) is 4.25. The summed E-state index contributed by atoms with van der Waals surface area (Å²) in [5.41, 5.74) is 14.5. The Morgan fingerprint density at radius 1 is 1.03 bits per heavy atom. The standard InChI is InChI=1S/C26H28N6/c1-17(26(2,3)4)31-13-12-20-23(16-31)30-25-21(15-29-32(25)24(20)27)19-10-11-22(28-14-19)18-8-6-5-7-9-18/h5-11,14-15H,1,12-13,16,27H2,2-4H3. The summed E-state index contributed by atoms with van der Waals surface area (Å²) in [5.74, 6) is 0.672. The quantitative estimate of drug-likeness (QED) is 0.503. The summed E-state index contributed by atoms with van der Waals surface area (Å²) < 4.78 is 1.76. The number of nitrogen functional groups attached to an aromatic ring is 1. The highest BCUT2D eigenvalue weighted by atomic mass is 15.3. The van der Waals surface area contributed by atoms with Crippen molar-refractivity contribution in [2.24, 2.45) is 5.41 Å². The third kappa shape index (κ3) is 3.42. The molecule has 1 aliphatic heterocycles. The Hall–Kier alpha value is -3.67. The zero-order chi connectivity index (χ0) is 22.5. The smallest absolute Gasteiger partial charge is 0.165 e. The molecule has 0 aliphatic carbocycles. The molecular weight excluding hydrogens is 396 g/mol. The van der Waals surface area contributed by atoms with Gasteiger partial charge < -0.3 is 10.6 Å². The molecule has 0 atom stereocenters. The van der Waals surface area contributed by atoms with Crippen molar-refractivity contribution in [3.05, 3.63) is 78.4 Å². The zero-order valence-corrected chi connectivity index (χ0v) is 18.8. The van der Waals surface area contributed by atoms with Crippen LogP contribution in [0.15, 0.2) is 67.1 Å². The first-order valence-electron chi connectivity index (χ1n) is 10.9. The van der Waals surface area contributed by atoms with Crippen molar-refractivity contribution >= 4 is 11.5 Å². The summed E-state index contributed by atoms with van der Waals surface area (Å²) in [5, 5.41) is 4.55. The summed E-state index contributed by atoms with van der Waals surface area (Å²) >= 11 is 0. The molecule has 32 heavy (non-hydrogen) atoms. The topological polar surface area (TPSA) is 72.3 Å². The minimum absolute atomic E-state index is 0.0150. The molecule has 0 saturated carbocycles. The number of allylic oxidation sites excluding steroid dienone is 1. The van der Waals surface area contributed by atoms with E-state index in [2.05, 4.69) is 60.5 Å². The lowest BCUT2D eigenvalue weighted by molar-refractivity contribution is 0.249. The van der Waals surface area contributed by atoms with E-state index in [1.165, 1.54) is 0 Å². The maximum Gasteiger partial charge on any atom is 0.165 e. The lowest BCUT2D eigenvalue weighted by Gasteiger charge is -2.37. The van der Waals surface area contributed by atoms with Gasteiger partial charge in [0.25, 0.3) is 0 Å². The second-order valence-electron chi connectivity index (χ2n) is 9.38. The van der Waals surface area contributed by atoms with Crippen LogP contribution in [0.4, 0.5) is 5.82 Å². The summed E-state index contributed by atoms with van der Waals surface area (Å²) in [4.78, 5) is 12.0. The fraction of sp³-hybridized carbons (Fsp3) is 0.269. The maximum atomic E-state index is 6.54. The van der Waals surface area contributed by atoms with E-state index >= 15 is 0 Å². The van der Waals surface area contributed by atoms with E-state index in [4.69, 9.17) is 10.7 Å². The van der Waals surface area contributed by atoms with E-state index in [9.17, 15) is 0 Å². The molecule has 4 aromatic rings. The SMILES string of the molecule is C=C(N1CCc2c(nc3c(-c4ccc(-c5ccccc5)nc4)cnn3c2N)C1)C(C)(C)C. The van der Waals surface area contributed by atoms with Crippen LogP contribution in [-0.4, -0.2) is 31.0 Å². The molecule has 0 radical (unpaired) electrons. The Labute approximate surface area is 188 Å². The van der Waals surface area contributed by atoms with Gasteiger partial charge in [0.2, 0.25) is 0 Å². The molecule has 2 N–H and O–H groups in total. The van der Waals surface area contributed by atoms with Gasteiger partial charge in [0.15, 0.2) is 5.65 Å². The maximum absolute atomic E-state index is 6.54. The second-order valence-corrected chi connectivity index (χ2v) is 9.38. The van der Waals surface area contributed by atoms with Crippen molar-refractivity contribution in [1.82, 2.24) is 24.5 Å². The molecule has 0 amide bonds. The van der Waals surface area contributed by atoms with Crippen molar-refractivity contribution in [3.8, 4) is 22.4 Å². The molecule has 6 heteroatoms. The van der Waals surface area contributed by atoms with Gasteiger partial charge in [-0.05, 0) is 12.5 Å². The summed E-state index contributed by atoms with van der Waals surface area (Å²) in [6.45, 7) is 12.5. The van der Waals surface area contributed by atoms with E-state index in [1.54, 1.807) is 4.52 Å². The first-order chi connectivity index (χ1) is 15.3. The van der Waals surface area contributed by atoms with Crippen LogP contribution >= 0.6 is 0 Å². The Balaban J connectivity index is 1.53. The van der Waals surface area contributed by atoms with Gasteiger partial charge in [0.05, 0.1) is 24.1 Å². The Kier molecular flexibility index (Phi) is 4.73. The number of nitrogens with two attached hydrogens (primary N) is 1. The number of nitrogens with zero attached hydrogens (tertiary/aromatic N) is 5. The van der Waals surface area contributed by atoms with Gasteiger partial charge in [-0.15, -0.1) is 0 Å². The van der Waals surface area contributed by atoms with Gasteiger partial charge in [0, 0.05) is 46.1 Å². The Bertz CT molecular complexity index is 1300. The number of rotatable bonds is 3. The van der Waals surface area contributed by atoms with E-state index in [0.29, 0.717) is 12.4 Å². The lowest BCUT2D eigenvalue weighted by Crippen LogP contribution is -2.35. The van der Waals surface area contributed by atoms with Gasteiger partial charge in [-0.1, -0.05) is 63.7 Å². The van der Waals surface area contributed by atoms with Gasteiger partial charge in [-0.25, -0.2) is 4.98 Å². The second kappa shape index (κ2) is 7.48. The van der Waals surface area contributed by atoms with Crippen molar-refractivity contribution in [1.29, 1.82) is 0 Å². The number of pyridine rings is 1. The molecular formula is C26H28N6. The normalized spacial score (nSPS) is 13.9. The van der Waals surface area contributed by atoms with E-state index in [0.717, 1.165) is 58.0 Å². The van der Waals surface area contributed by atoms with Crippen molar-refractivity contribution in [3.63, 3.8) is 0 Å². The number of anilines is 1. The third-order valence-corrected chi connectivity index (χ3v) is 6.23. The summed E-state index contributed by atoms with van der Waals surface area (Å²) in [6.07, 6.45) is 4.54.